The van der Waals surface area contributed by atoms with E-state index in [4.69, 9.17) is 9.15 Å². The maximum Gasteiger partial charge on any atom is 0.160 e. The molecular weight excluding hydrogens is 228 g/mol. The molecule has 0 fully saturated rings. The van der Waals surface area contributed by atoms with Crippen LogP contribution in [0.4, 0.5) is 0 Å². The van der Waals surface area contributed by atoms with Crippen LogP contribution in [0, 0.1) is 0 Å². The van der Waals surface area contributed by atoms with Gasteiger partial charge >= 0.3 is 0 Å². The van der Waals surface area contributed by atoms with Crippen molar-refractivity contribution < 1.29 is 13.9 Å². The Bertz CT molecular complexity index is 731. The molecule has 3 heteroatoms. The third-order valence-electron chi connectivity index (χ3n) is 3.47. The van der Waals surface area contributed by atoms with Crippen LogP contribution in [0.25, 0.3) is 11.0 Å². The van der Waals surface area contributed by atoms with Crippen LogP contribution in [-0.2, 0) is 11.2 Å². The highest BCUT2D eigenvalue weighted by Crippen LogP contribution is 2.38. The summed E-state index contributed by atoms with van der Waals surface area (Å²) in [4.78, 5) is 11.4. The first-order chi connectivity index (χ1) is 8.81. The number of ether oxygens (including phenoxy) is 1. The Balaban J connectivity index is 1.89. The summed E-state index contributed by atoms with van der Waals surface area (Å²) in [6, 6.07) is 5.79. The lowest BCUT2D eigenvalue weighted by Gasteiger charge is -2.23. The Morgan fingerprint density at radius 3 is 2.94 bits per heavy atom. The number of furan rings is 1. The van der Waals surface area contributed by atoms with Crippen molar-refractivity contribution in [1.82, 2.24) is 0 Å². The fourth-order valence-corrected chi connectivity index (χ4v) is 2.59. The van der Waals surface area contributed by atoms with Gasteiger partial charge in [-0.25, -0.2) is 0 Å². The molecule has 0 amide bonds. The number of fused-ring (bicyclic) bond motifs is 3. The van der Waals surface area contributed by atoms with E-state index in [1.54, 1.807) is 18.4 Å². The number of carbonyl (C=O) groups excluding carboxylic acids is 1. The van der Waals surface area contributed by atoms with Crippen molar-refractivity contribution in [2.75, 3.05) is 0 Å². The van der Waals surface area contributed by atoms with Crippen molar-refractivity contribution in [3.05, 3.63) is 53.5 Å². The molecule has 1 aromatic carbocycles. The summed E-state index contributed by atoms with van der Waals surface area (Å²) in [6.45, 7) is 0. The van der Waals surface area contributed by atoms with Crippen molar-refractivity contribution in [2.45, 2.75) is 12.8 Å². The van der Waals surface area contributed by atoms with Gasteiger partial charge in [0.1, 0.15) is 17.1 Å². The molecule has 88 valence electrons. The molecule has 1 aliphatic heterocycles. The van der Waals surface area contributed by atoms with Gasteiger partial charge in [0.25, 0.3) is 0 Å². The van der Waals surface area contributed by atoms with Gasteiger partial charge in [-0.1, -0.05) is 0 Å². The highest BCUT2D eigenvalue weighted by molar-refractivity contribution is 5.94. The number of benzene rings is 1. The second kappa shape index (κ2) is 3.35. The first-order valence-electron chi connectivity index (χ1n) is 5.91. The molecule has 1 aliphatic carbocycles. The van der Waals surface area contributed by atoms with Crippen molar-refractivity contribution in [1.29, 1.82) is 0 Å². The van der Waals surface area contributed by atoms with Gasteiger partial charge in [-0.2, -0.15) is 0 Å². The highest BCUT2D eigenvalue weighted by Gasteiger charge is 2.24. The van der Waals surface area contributed by atoms with Crippen LogP contribution < -0.4 is 4.74 Å². The van der Waals surface area contributed by atoms with E-state index in [-0.39, 0.29) is 5.78 Å². The minimum Gasteiger partial charge on any atom is -0.464 e. The number of carbonyl (C=O) groups is 1. The topological polar surface area (TPSA) is 39.4 Å². The largest absolute Gasteiger partial charge is 0.464 e. The Kier molecular flexibility index (Phi) is 1.81. The van der Waals surface area contributed by atoms with Crippen LogP contribution in [0.1, 0.15) is 12.0 Å². The molecule has 2 aromatic rings. The van der Waals surface area contributed by atoms with Crippen LogP contribution in [0.3, 0.4) is 0 Å². The quantitative estimate of drug-likeness (QED) is 0.707. The second-order valence-electron chi connectivity index (χ2n) is 4.60. The summed E-state index contributed by atoms with van der Waals surface area (Å²) in [7, 11) is 0. The van der Waals surface area contributed by atoms with E-state index in [1.165, 1.54) is 0 Å². The van der Waals surface area contributed by atoms with Crippen LogP contribution in [-0.4, -0.2) is 5.78 Å². The molecule has 0 radical (unpaired) electrons. The molecule has 2 aliphatic rings. The predicted molar refractivity (Wildman–Crippen MR) is 66.3 cm³/mol. The zero-order chi connectivity index (χ0) is 12.1. The number of ketones is 1. The molecule has 0 unspecified atom stereocenters. The second-order valence-corrected chi connectivity index (χ2v) is 4.60. The summed E-state index contributed by atoms with van der Waals surface area (Å²) in [5, 5.41) is 1.07. The third kappa shape index (κ3) is 1.27. The zero-order valence-electron chi connectivity index (χ0n) is 9.60. The van der Waals surface area contributed by atoms with Crippen LogP contribution in [0.15, 0.2) is 52.4 Å². The lowest BCUT2D eigenvalue weighted by molar-refractivity contribution is -0.114. The van der Waals surface area contributed by atoms with E-state index in [0.717, 1.165) is 40.0 Å². The van der Waals surface area contributed by atoms with Crippen molar-refractivity contribution in [3.8, 4) is 5.75 Å². The van der Waals surface area contributed by atoms with Crippen molar-refractivity contribution in [2.24, 2.45) is 0 Å². The Labute approximate surface area is 103 Å². The fraction of sp³-hybridized carbons (Fsp3) is 0.133. The monoisotopic (exact) mass is 238 g/mol. The average molecular weight is 238 g/mol. The summed E-state index contributed by atoms with van der Waals surface area (Å²) in [6.07, 6.45) is 6.25. The van der Waals surface area contributed by atoms with E-state index < -0.39 is 0 Å². The van der Waals surface area contributed by atoms with Crippen LogP contribution >= 0.6 is 0 Å². The highest BCUT2D eigenvalue weighted by atomic mass is 16.5. The summed E-state index contributed by atoms with van der Waals surface area (Å²) in [5.41, 5.74) is 3.03. The molecule has 4 rings (SSSR count). The van der Waals surface area contributed by atoms with Gasteiger partial charge in [-0.15, -0.1) is 0 Å². The molecule has 0 spiro atoms. The number of allylic oxidation sites excluding steroid dienone is 3. The molecule has 18 heavy (non-hydrogen) atoms. The first-order valence-corrected chi connectivity index (χ1v) is 5.91. The van der Waals surface area contributed by atoms with Gasteiger partial charge in [0.2, 0.25) is 0 Å². The summed E-state index contributed by atoms with van der Waals surface area (Å²) >= 11 is 0. The molecule has 1 aromatic heterocycles. The third-order valence-corrected chi connectivity index (χ3v) is 3.47. The van der Waals surface area contributed by atoms with E-state index in [2.05, 4.69) is 0 Å². The molecule has 0 atom stereocenters. The summed E-state index contributed by atoms with van der Waals surface area (Å²) < 4.78 is 11.2. The summed E-state index contributed by atoms with van der Waals surface area (Å²) in [5.74, 6) is 1.83. The smallest absolute Gasteiger partial charge is 0.160 e. The minimum atomic E-state index is 0.139. The van der Waals surface area contributed by atoms with Gasteiger partial charge in [-0.3, -0.25) is 4.79 Å². The van der Waals surface area contributed by atoms with Crippen molar-refractivity contribution in [3.63, 3.8) is 0 Å². The molecule has 2 heterocycles. The fourth-order valence-electron chi connectivity index (χ4n) is 2.59. The predicted octanol–water partition coefficient (Wildman–Crippen LogP) is 3.15. The van der Waals surface area contributed by atoms with Crippen molar-refractivity contribution >= 4 is 16.8 Å². The Hall–Kier alpha value is -2.29. The number of rotatable bonds is 0. The number of hydrogen-bond acceptors (Lipinski definition) is 3. The van der Waals surface area contributed by atoms with Gasteiger partial charge in [0.05, 0.1) is 6.26 Å². The normalized spacial score (nSPS) is 17.7. The minimum absolute atomic E-state index is 0.139. The SMILES string of the molecule is O=C1C=CC2=C(C1)Cc1c(ccc3occc13)O2. The molecule has 0 bridgehead atoms. The lowest BCUT2D eigenvalue weighted by atomic mass is 9.92. The molecule has 0 saturated carbocycles. The van der Waals surface area contributed by atoms with Gasteiger partial charge in [0, 0.05) is 23.8 Å². The molecular formula is C15H10O3. The van der Waals surface area contributed by atoms with E-state index in [1.807, 2.05) is 18.2 Å². The average Bonchev–Trinajstić information content (AvgIpc) is 2.85. The first kappa shape index (κ1) is 9.71. The van der Waals surface area contributed by atoms with E-state index in [9.17, 15) is 4.79 Å². The number of hydrogen-bond donors (Lipinski definition) is 0. The molecule has 3 nitrogen and oxygen atoms in total. The van der Waals surface area contributed by atoms with Crippen LogP contribution in [0.5, 0.6) is 5.75 Å². The molecule has 0 N–H and O–H groups in total. The maximum absolute atomic E-state index is 11.4. The Morgan fingerprint density at radius 1 is 1.06 bits per heavy atom. The maximum atomic E-state index is 11.4. The standard InChI is InChI=1S/C15H10O3/c16-10-1-2-13-9(7-10)8-12-11-5-6-17-14(11)3-4-15(12)18-13/h1-6H,7-8H2. The van der Waals surface area contributed by atoms with Gasteiger partial charge in [-0.05, 0) is 35.9 Å². The Morgan fingerprint density at radius 2 is 2.00 bits per heavy atom. The van der Waals surface area contributed by atoms with Crippen LogP contribution in [0.2, 0.25) is 0 Å². The van der Waals surface area contributed by atoms with Gasteiger partial charge in [0.15, 0.2) is 5.78 Å². The molecule has 0 saturated heterocycles. The van der Waals surface area contributed by atoms with E-state index >= 15 is 0 Å². The van der Waals surface area contributed by atoms with E-state index in [0.29, 0.717) is 6.42 Å². The zero-order valence-corrected chi connectivity index (χ0v) is 9.60. The lowest BCUT2D eigenvalue weighted by Crippen LogP contribution is -2.15. The van der Waals surface area contributed by atoms with Gasteiger partial charge < -0.3 is 9.15 Å².